The largest absolute Gasteiger partial charge is 0.481 e. The van der Waals surface area contributed by atoms with Crippen LogP contribution in [0.4, 0.5) is 0 Å². The van der Waals surface area contributed by atoms with Crippen LogP contribution < -0.4 is 0 Å². The SMILES string of the molecule is CCC(OC)OC.CCC1OC(=O)CS1.COC(CO)OC.O=C(O)CS. The van der Waals surface area contributed by atoms with E-state index in [0.29, 0.717) is 5.75 Å². The third kappa shape index (κ3) is 23.4. The summed E-state index contributed by atoms with van der Waals surface area (Å²) in [5, 5.41) is 15.9. The lowest BCUT2D eigenvalue weighted by Gasteiger charge is -2.08. The van der Waals surface area contributed by atoms with E-state index in [1.807, 2.05) is 13.8 Å². The lowest BCUT2D eigenvalue weighted by molar-refractivity contribution is -0.140. The van der Waals surface area contributed by atoms with Crippen LogP contribution in [0.5, 0.6) is 0 Å². The molecule has 27 heavy (non-hydrogen) atoms. The number of ether oxygens (including phenoxy) is 5. The molecule has 0 saturated carbocycles. The highest BCUT2D eigenvalue weighted by molar-refractivity contribution is 8.00. The minimum atomic E-state index is -0.881. The first-order valence-corrected chi connectivity index (χ1v) is 9.83. The Bertz CT molecular complexity index is 315. The third-order valence-corrected chi connectivity index (χ3v) is 4.13. The monoisotopic (exact) mass is 434 g/mol. The molecular formula is C16H34O9S2. The van der Waals surface area contributed by atoms with Gasteiger partial charge in [0.05, 0.1) is 18.1 Å². The quantitative estimate of drug-likeness (QED) is 0.295. The Morgan fingerprint density at radius 1 is 1.19 bits per heavy atom. The van der Waals surface area contributed by atoms with Crippen molar-refractivity contribution in [1.29, 1.82) is 0 Å². The van der Waals surface area contributed by atoms with Gasteiger partial charge in [-0.3, -0.25) is 9.59 Å². The summed E-state index contributed by atoms with van der Waals surface area (Å²) in [6.07, 6.45) is 1.36. The second-order valence-corrected chi connectivity index (χ2v) is 6.05. The van der Waals surface area contributed by atoms with Crippen molar-refractivity contribution in [3.05, 3.63) is 0 Å². The predicted octanol–water partition coefficient (Wildman–Crippen LogP) is 1.63. The molecule has 1 atom stereocenters. The molecular weight excluding hydrogens is 400 g/mol. The first-order valence-electron chi connectivity index (χ1n) is 8.15. The van der Waals surface area contributed by atoms with E-state index >= 15 is 0 Å². The Morgan fingerprint density at radius 2 is 1.63 bits per heavy atom. The molecule has 1 aliphatic rings. The summed E-state index contributed by atoms with van der Waals surface area (Å²) < 4.78 is 23.6. The molecule has 1 aliphatic heterocycles. The Balaban J connectivity index is -0.000000289. The van der Waals surface area contributed by atoms with Crippen LogP contribution in [0.2, 0.25) is 0 Å². The number of carboxylic acid groups (broad SMARTS) is 1. The maximum atomic E-state index is 10.4. The van der Waals surface area contributed by atoms with Crippen molar-refractivity contribution < 1.29 is 43.5 Å². The van der Waals surface area contributed by atoms with E-state index in [9.17, 15) is 9.59 Å². The van der Waals surface area contributed by atoms with E-state index in [1.165, 1.54) is 14.2 Å². The van der Waals surface area contributed by atoms with Gasteiger partial charge < -0.3 is 33.9 Å². The van der Waals surface area contributed by atoms with Crippen LogP contribution >= 0.6 is 24.4 Å². The first-order chi connectivity index (χ1) is 12.8. The van der Waals surface area contributed by atoms with Gasteiger partial charge >= 0.3 is 11.9 Å². The van der Waals surface area contributed by atoms with Gasteiger partial charge in [0.25, 0.3) is 0 Å². The summed E-state index contributed by atoms with van der Waals surface area (Å²) in [6.45, 7) is 3.93. The molecule has 1 rings (SSSR count). The van der Waals surface area contributed by atoms with Gasteiger partial charge in [-0.1, -0.05) is 13.8 Å². The van der Waals surface area contributed by atoms with Crippen LogP contribution in [0.25, 0.3) is 0 Å². The van der Waals surface area contributed by atoms with Gasteiger partial charge in [0.1, 0.15) is 5.44 Å². The number of carbonyl (C=O) groups excluding carboxylic acids is 1. The van der Waals surface area contributed by atoms with Gasteiger partial charge in [0.15, 0.2) is 12.6 Å². The molecule has 1 unspecified atom stereocenters. The number of carboxylic acids is 1. The number of hydrogen-bond donors (Lipinski definition) is 3. The Morgan fingerprint density at radius 3 is 1.70 bits per heavy atom. The topological polar surface area (TPSA) is 121 Å². The summed E-state index contributed by atoms with van der Waals surface area (Å²) in [5.74, 6) is -0.492. The molecule has 0 aromatic heterocycles. The van der Waals surface area contributed by atoms with E-state index in [2.05, 4.69) is 22.1 Å². The summed E-state index contributed by atoms with van der Waals surface area (Å²) in [7, 11) is 6.23. The van der Waals surface area contributed by atoms with Crippen molar-refractivity contribution in [3.8, 4) is 0 Å². The Labute approximate surface area is 171 Å². The summed E-state index contributed by atoms with van der Waals surface area (Å²) in [5.41, 5.74) is 0.141. The van der Waals surface area contributed by atoms with Crippen LogP contribution in [0, 0.1) is 0 Å². The minimum Gasteiger partial charge on any atom is -0.481 e. The molecule has 164 valence electrons. The fourth-order valence-corrected chi connectivity index (χ4v) is 2.05. The van der Waals surface area contributed by atoms with Crippen LogP contribution in [0.1, 0.15) is 26.7 Å². The second kappa shape index (κ2) is 23.5. The molecule has 0 aliphatic carbocycles. The fourth-order valence-electron chi connectivity index (χ4n) is 1.25. The first kappa shape index (κ1) is 31.1. The Kier molecular flexibility index (Phi) is 27.1. The van der Waals surface area contributed by atoms with Crippen molar-refractivity contribution in [1.82, 2.24) is 0 Å². The second-order valence-electron chi connectivity index (χ2n) is 4.58. The van der Waals surface area contributed by atoms with E-state index in [-0.39, 0.29) is 30.1 Å². The zero-order chi connectivity index (χ0) is 21.7. The number of hydrogen-bond acceptors (Lipinski definition) is 10. The number of thiol groups is 1. The summed E-state index contributed by atoms with van der Waals surface area (Å²) >= 11 is 4.99. The average Bonchev–Trinajstić information content (AvgIpc) is 3.11. The summed E-state index contributed by atoms with van der Waals surface area (Å²) in [6, 6.07) is 0. The molecule has 1 fully saturated rings. The number of aliphatic hydroxyl groups excluding tert-OH is 1. The van der Waals surface area contributed by atoms with E-state index in [1.54, 1.807) is 26.0 Å². The van der Waals surface area contributed by atoms with Gasteiger partial charge in [0.2, 0.25) is 0 Å². The van der Waals surface area contributed by atoms with E-state index < -0.39 is 12.3 Å². The number of rotatable bonds is 8. The lowest BCUT2D eigenvalue weighted by atomic mass is 10.5. The van der Waals surface area contributed by atoms with E-state index in [0.717, 1.165) is 12.8 Å². The Hall–Kier alpha value is -0.560. The standard InChI is InChI=1S/C5H8O2S.C5H12O2.C4H10O3.C2H4O2S/c1-2-5-7-4(6)3-8-5;1-4-5(6-2)7-3;1-6-4(3-5)7-2;3-2(4)1-5/h5H,2-3H2,1H3;5H,4H2,1-3H3;4-5H,3H2,1-2H3;5H,1H2,(H,3,4). The van der Waals surface area contributed by atoms with Crippen molar-refractivity contribution in [2.75, 3.05) is 46.6 Å². The zero-order valence-electron chi connectivity index (χ0n) is 16.9. The number of thioether (sulfide) groups is 1. The highest BCUT2D eigenvalue weighted by Gasteiger charge is 2.21. The van der Waals surface area contributed by atoms with Crippen molar-refractivity contribution in [3.63, 3.8) is 0 Å². The smallest absolute Gasteiger partial charge is 0.317 e. The molecule has 0 radical (unpaired) electrons. The van der Waals surface area contributed by atoms with Crippen LogP contribution in [0.15, 0.2) is 0 Å². The molecule has 9 nitrogen and oxygen atoms in total. The molecule has 0 bridgehead atoms. The van der Waals surface area contributed by atoms with Crippen molar-refractivity contribution >= 4 is 36.3 Å². The summed E-state index contributed by atoms with van der Waals surface area (Å²) in [4.78, 5) is 19.7. The molecule has 0 aromatic carbocycles. The zero-order valence-corrected chi connectivity index (χ0v) is 18.6. The molecule has 0 aromatic rings. The molecule has 0 spiro atoms. The maximum Gasteiger partial charge on any atom is 0.317 e. The molecule has 11 heteroatoms. The molecule has 0 amide bonds. The van der Waals surface area contributed by atoms with E-state index in [4.69, 9.17) is 24.4 Å². The number of cyclic esters (lactones) is 1. The highest BCUT2D eigenvalue weighted by atomic mass is 32.2. The van der Waals surface area contributed by atoms with Crippen molar-refractivity contribution in [2.45, 2.75) is 44.7 Å². The van der Waals surface area contributed by atoms with Gasteiger partial charge in [-0.25, -0.2) is 0 Å². The highest BCUT2D eigenvalue weighted by Crippen LogP contribution is 2.22. The van der Waals surface area contributed by atoms with Gasteiger partial charge in [0, 0.05) is 28.4 Å². The van der Waals surface area contributed by atoms with Crippen LogP contribution in [-0.2, 0) is 33.3 Å². The molecule has 2 N–H and O–H groups in total. The number of aliphatic carboxylic acids is 1. The maximum absolute atomic E-state index is 10.4. The van der Waals surface area contributed by atoms with Gasteiger partial charge in [-0.2, -0.15) is 12.6 Å². The number of esters is 1. The van der Waals surface area contributed by atoms with Gasteiger partial charge in [-0.05, 0) is 12.8 Å². The van der Waals surface area contributed by atoms with Crippen LogP contribution in [-0.4, -0.2) is 86.7 Å². The van der Waals surface area contributed by atoms with Gasteiger partial charge in [-0.15, -0.1) is 11.8 Å². The number of carbonyl (C=O) groups is 2. The predicted molar refractivity (Wildman–Crippen MR) is 107 cm³/mol. The fraction of sp³-hybridized carbons (Fsp3) is 0.875. The minimum absolute atomic E-state index is 0.0139. The van der Waals surface area contributed by atoms with Crippen molar-refractivity contribution in [2.24, 2.45) is 0 Å². The molecule has 1 heterocycles. The number of aliphatic hydroxyl groups is 1. The third-order valence-electron chi connectivity index (χ3n) is 2.65. The lowest BCUT2D eigenvalue weighted by Crippen LogP contribution is -2.16. The normalized spacial score (nSPS) is 15.0. The van der Waals surface area contributed by atoms with Crippen LogP contribution in [0.3, 0.4) is 0 Å². The number of methoxy groups -OCH3 is 4. The molecule has 1 saturated heterocycles. The average molecular weight is 435 g/mol.